The number of benzene rings is 1. The number of nitrogens with one attached hydrogen (secondary N) is 3. The number of pyridine rings is 1. The van der Waals surface area contributed by atoms with Crippen molar-refractivity contribution in [2.75, 3.05) is 11.9 Å². The van der Waals surface area contributed by atoms with E-state index >= 15 is 0 Å². The van der Waals surface area contributed by atoms with E-state index in [1.54, 1.807) is 19.1 Å². The fraction of sp³-hybridized carbons (Fsp3) is 0.435. The van der Waals surface area contributed by atoms with Crippen LogP contribution in [-0.2, 0) is 0 Å². The zero-order valence-electron chi connectivity index (χ0n) is 19.1. The number of imidazole rings is 1. The summed E-state index contributed by atoms with van der Waals surface area (Å²) in [5.41, 5.74) is 0.848. The molecule has 3 aromatic rings. The molecule has 36 heavy (non-hydrogen) atoms. The van der Waals surface area contributed by atoms with Gasteiger partial charge in [0, 0.05) is 6.04 Å². The summed E-state index contributed by atoms with van der Waals surface area (Å²) in [5.74, 6) is -2.97. The van der Waals surface area contributed by atoms with Crippen LogP contribution in [-0.4, -0.2) is 46.1 Å². The number of H-pyrrole nitrogens is 1. The number of amides is 1. The zero-order chi connectivity index (χ0) is 26.0. The Bertz CT molecular complexity index is 1220. The van der Waals surface area contributed by atoms with E-state index in [9.17, 15) is 31.1 Å². The van der Waals surface area contributed by atoms with E-state index in [2.05, 4.69) is 25.6 Å². The molecule has 1 fully saturated rings. The highest BCUT2D eigenvalue weighted by Gasteiger charge is 2.41. The normalized spacial score (nSPS) is 18.4. The van der Waals surface area contributed by atoms with Gasteiger partial charge in [0.05, 0.1) is 17.1 Å². The summed E-state index contributed by atoms with van der Waals surface area (Å²) in [5, 5.41) is 5.44. The van der Waals surface area contributed by atoms with Gasteiger partial charge in [-0.15, -0.1) is 0 Å². The molecule has 0 radical (unpaired) electrons. The summed E-state index contributed by atoms with van der Waals surface area (Å²) in [4.78, 5) is 24.0. The number of aromatic nitrogens is 3. The quantitative estimate of drug-likeness (QED) is 0.354. The van der Waals surface area contributed by atoms with Crippen molar-refractivity contribution in [2.24, 2.45) is 5.92 Å². The first-order valence-electron chi connectivity index (χ1n) is 11.2. The average Bonchev–Trinajstić information content (AvgIpc) is 3.20. The van der Waals surface area contributed by atoms with Crippen LogP contribution in [0.2, 0.25) is 0 Å². The average molecular weight is 515 g/mol. The molecule has 194 valence electrons. The van der Waals surface area contributed by atoms with Crippen molar-refractivity contribution in [3.8, 4) is 5.88 Å². The van der Waals surface area contributed by atoms with E-state index in [0.29, 0.717) is 5.56 Å². The molecule has 2 aromatic heterocycles. The molecule has 1 saturated carbocycles. The number of nitrogens with zero attached hydrogens (tertiary/aromatic N) is 2. The molecule has 0 aliphatic heterocycles. The SMILES string of the molecule is Cc1cccc(F)c1Nc1nc2nc(OCC(F)F)c(C(=O)NC3CCC(C(F)(F)F)CC3)cc2[nH]1. The third-order valence-electron chi connectivity index (χ3n) is 6.02. The van der Waals surface area contributed by atoms with Crippen molar-refractivity contribution in [1.29, 1.82) is 0 Å². The first-order valence-corrected chi connectivity index (χ1v) is 11.2. The van der Waals surface area contributed by atoms with Crippen molar-refractivity contribution in [3.63, 3.8) is 0 Å². The van der Waals surface area contributed by atoms with E-state index in [1.807, 2.05) is 0 Å². The van der Waals surface area contributed by atoms with Gasteiger partial charge in [0.1, 0.15) is 11.4 Å². The Morgan fingerprint density at radius 3 is 2.56 bits per heavy atom. The van der Waals surface area contributed by atoms with Gasteiger partial charge in [-0.3, -0.25) is 4.79 Å². The second kappa shape index (κ2) is 10.2. The van der Waals surface area contributed by atoms with Gasteiger partial charge in [-0.2, -0.15) is 23.1 Å². The van der Waals surface area contributed by atoms with E-state index in [0.717, 1.165) is 0 Å². The van der Waals surface area contributed by atoms with Gasteiger partial charge in [-0.1, -0.05) is 12.1 Å². The van der Waals surface area contributed by atoms with Crippen molar-refractivity contribution in [3.05, 3.63) is 41.2 Å². The van der Waals surface area contributed by atoms with Crippen LogP contribution in [0.1, 0.15) is 41.6 Å². The van der Waals surface area contributed by atoms with Gasteiger partial charge >= 0.3 is 6.18 Å². The van der Waals surface area contributed by atoms with Crippen LogP contribution in [0.5, 0.6) is 5.88 Å². The molecule has 0 unspecified atom stereocenters. The standard InChI is InChI=1S/C23H23F6N5O2/c1-11-3-2-4-15(24)18(11)32-22-31-16-9-14(21(33-19(16)34-22)36-10-17(25)26)20(35)30-13-7-5-12(6-8-13)23(27,28)29/h2-4,9,12-13,17H,5-8,10H2,1H3,(H,30,35)(H2,31,32,33,34). The Hall–Kier alpha value is -3.51. The van der Waals surface area contributed by atoms with Gasteiger partial charge in [-0.25, -0.2) is 13.2 Å². The number of alkyl halides is 5. The van der Waals surface area contributed by atoms with E-state index < -0.39 is 48.8 Å². The molecule has 1 aliphatic carbocycles. The van der Waals surface area contributed by atoms with E-state index in [4.69, 9.17) is 4.74 Å². The number of para-hydroxylation sites is 1. The molecule has 1 aliphatic rings. The number of carbonyl (C=O) groups excluding carboxylic acids is 1. The largest absolute Gasteiger partial charge is 0.471 e. The monoisotopic (exact) mass is 515 g/mol. The second-order valence-corrected chi connectivity index (χ2v) is 8.62. The molecule has 7 nitrogen and oxygen atoms in total. The van der Waals surface area contributed by atoms with Crippen molar-refractivity contribution in [2.45, 2.75) is 51.3 Å². The number of aryl methyl sites for hydroxylation is 1. The fourth-order valence-corrected chi connectivity index (χ4v) is 4.14. The van der Waals surface area contributed by atoms with Crippen LogP contribution in [0.15, 0.2) is 24.3 Å². The molecule has 0 saturated heterocycles. The molecule has 0 spiro atoms. The molecule has 1 aromatic carbocycles. The van der Waals surface area contributed by atoms with E-state index in [-0.39, 0.29) is 54.0 Å². The summed E-state index contributed by atoms with van der Waals surface area (Å²) in [6.07, 6.45) is -7.11. The van der Waals surface area contributed by atoms with Gasteiger partial charge in [0.2, 0.25) is 11.8 Å². The van der Waals surface area contributed by atoms with Gasteiger partial charge in [0.25, 0.3) is 12.3 Å². The second-order valence-electron chi connectivity index (χ2n) is 8.62. The third kappa shape index (κ3) is 5.82. The van der Waals surface area contributed by atoms with Crippen LogP contribution in [0.4, 0.5) is 38.0 Å². The fourth-order valence-electron chi connectivity index (χ4n) is 4.14. The molecule has 2 heterocycles. The lowest BCUT2D eigenvalue weighted by Crippen LogP contribution is -2.40. The Balaban J connectivity index is 1.57. The summed E-state index contributed by atoms with van der Waals surface area (Å²) in [6.45, 7) is 0.659. The number of aromatic amines is 1. The third-order valence-corrected chi connectivity index (χ3v) is 6.02. The first kappa shape index (κ1) is 25.6. The zero-order valence-corrected chi connectivity index (χ0v) is 19.1. The molecular formula is C23H23F6N5O2. The maximum absolute atomic E-state index is 14.2. The van der Waals surface area contributed by atoms with Gasteiger partial charge < -0.3 is 20.4 Å². The number of halogens is 6. The molecule has 4 rings (SSSR count). The van der Waals surface area contributed by atoms with Crippen LogP contribution < -0.4 is 15.4 Å². The van der Waals surface area contributed by atoms with Crippen LogP contribution in [0, 0.1) is 18.7 Å². The van der Waals surface area contributed by atoms with Crippen LogP contribution in [0.25, 0.3) is 11.2 Å². The van der Waals surface area contributed by atoms with Gasteiger partial charge in [-0.05, 0) is 50.3 Å². The van der Waals surface area contributed by atoms with E-state index in [1.165, 1.54) is 12.1 Å². The highest BCUT2D eigenvalue weighted by Crippen LogP contribution is 2.37. The topological polar surface area (TPSA) is 91.9 Å². The van der Waals surface area contributed by atoms with Crippen molar-refractivity contribution >= 4 is 28.7 Å². The van der Waals surface area contributed by atoms with Crippen LogP contribution >= 0.6 is 0 Å². The number of fused-ring (bicyclic) bond motifs is 1. The molecule has 13 heteroatoms. The molecule has 1 amide bonds. The predicted molar refractivity (Wildman–Crippen MR) is 119 cm³/mol. The first-order chi connectivity index (χ1) is 17.0. The van der Waals surface area contributed by atoms with Crippen molar-refractivity contribution in [1.82, 2.24) is 20.3 Å². The highest BCUT2D eigenvalue weighted by molar-refractivity contribution is 5.99. The molecule has 0 bridgehead atoms. The number of carbonyl (C=O) groups is 1. The molecular weight excluding hydrogens is 492 g/mol. The number of hydrogen-bond donors (Lipinski definition) is 3. The number of ether oxygens (including phenoxy) is 1. The molecule has 3 N–H and O–H groups in total. The summed E-state index contributed by atoms with van der Waals surface area (Å²) in [7, 11) is 0. The predicted octanol–water partition coefficient (Wildman–Crippen LogP) is 5.64. The molecule has 0 atom stereocenters. The highest BCUT2D eigenvalue weighted by atomic mass is 19.4. The lowest BCUT2D eigenvalue weighted by Gasteiger charge is -2.30. The lowest BCUT2D eigenvalue weighted by atomic mass is 9.85. The number of rotatable bonds is 7. The maximum atomic E-state index is 14.2. The summed E-state index contributed by atoms with van der Waals surface area (Å²) < 4.78 is 83.6. The van der Waals surface area contributed by atoms with Crippen molar-refractivity contribution < 1.29 is 35.9 Å². The lowest BCUT2D eigenvalue weighted by molar-refractivity contribution is -0.182. The van der Waals surface area contributed by atoms with Crippen LogP contribution in [0.3, 0.4) is 0 Å². The van der Waals surface area contributed by atoms with Gasteiger partial charge in [0.15, 0.2) is 12.3 Å². The minimum Gasteiger partial charge on any atom is -0.471 e. The Labute approximate surface area is 201 Å². The Morgan fingerprint density at radius 1 is 1.19 bits per heavy atom. The Kier molecular flexibility index (Phi) is 7.27. The summed E-state index contributed by atoms with van der Waals surface area (Å²) >= 11 is 0. The Morgan fingerprint density at radius 2 is 1.92 bits per heavy atom. The summed E-state index contributed by atoms with van der Waals surface area (Å²) in [6, 6.07) is 5.28. The maximum Gasteiger partial charge on any atom is 0.391 e. The minimum atomic E-state index is -4.28. The number of hydrogen-bond acceptors (Lipinski definition) is 5. The smallest absolute Gasteiger partial charge is 0.391 e. The minimum absolute atomic E-state index is 0.0259. The number of anilines is 2.